The molecule has 1 amide bonds. The van der Waals surface area contributed by atoms with Crippen molar-refractivity contribution in [3.63, 3.8) is 0 Å². The summed E-state index contributed by atoms with van der Waals surface area (Å²) in [6.45, 7) is 8.39. The van der Waals surface area contributed by atoms with E-state index in [-0.39, 0.29) is 11.6 Å². The minimum Gasteiger partial charge on any atom is -0.376 e. The third-order valence-electron chi connectivity index (χ3n) is 4.96. The summed E-state index contributed by atoms with van der Waals surface area (Å²) in [5, 5.41) is 14.8. The van der Waals surface area contributed by atoms with Gasteiger partial charge in [-0.1, -0.05) is 23.7 Å². The molecular weight excluding hydrogens is 392 g/mol. The summed E-state index contributed by atoms with van der Waals surface area (Å²) < 4.78 is 0. The topological polar surface area (TPSA) is 78.7 Å². The number of amides is 1. The fourth-order valence-corrected chi connectivity index (χ4v) is 3.46. The van der Waals surface area contributed by atoms with Gasteiger partial charge in [0.1, 0.15) is 5.69 Å². The molecule has 0 radical (unpaired) electrons. The fourth-order valence-electron chi connectivity index (χ4n) is 3.28. The highest BCUT2D eigenvalue weighted by Gasteiger charge is 2.24. The molecule has 1 aliphatic heterocycles. The lowest BCUT2D eigenvalue weighted by Crippen LogP contribution is -2.48. The van der Waals surface area contributed by atoms with E-state index < -0.39 is 4.92 Å². The molecule has 29 heavy (non-hydrogen) atoms. The van der Waals surface area contributed by atoms with Crippen molar-refractivity contribution < 1.29 is 9.72 Å². The summed E-state index contributed by atoms with van der Waals surface area (Å²) in [6, 6.07) is 10.4. The normalized spacial score (nSPS) is 13.9. The van der Waals surface area contributed by atoms with E-state index in [1.54, 1.807) is 35.2 Å². The van der Waals surface area contributed by atoms with E-state index in [9.17, 15) is 14.9 Å². The first-order valence-electron chi connectivity index (χ1n) is 9.34. The molecule has 1 heterocycles. The standard InChI is InChI=1S/C21H23ClN4O3/c1-3-8-23-19-14-17(6-7-20(19)26(28)29)24-9-11-25(12-10-24)21(27)16-5-4-15(2)18(22)13-16/h3-7,13-14,23H,1,8-12H2,2H3. The molecule has 1 saturated heterocycles. The fraction of sp³-hybridized carbons (Fsp3) is 0.286. The monoisotopic (exact) mass is 414 g/mol. The zero-order valence-corrected chi connectivity index (χ0v) is 17.0. The predicted octanol–water partition coefficient (Wildman–Crippen LogP) is 4.12. The first kappa shape index (κ1) is 20.7. The van der Waals surface area contributed by atoms with Crippen LogP contribution in [0.15, 0.2) is 49.1 Å². The number of nitro groups is 1. The Balaban J connectivity index is 1.69. The summed E-state index contributed by atoms with van der Waals surface area (Å²) in [7, 11) is 0. The number of hydrogen-bond acceptors (Lipinski definition) is 5. The second-order valence-corrected chi connectivity index (χ2v) is 7.28. The van der Waals surface area contributed by atoms with Crippen LogP contribution in [0.4, 0.5) is 17.1 Å². The first-order valence-corrected chi connectivity index (χ1v) is 9.72. The van der Waals surface area contributed by atoms with Crippen LogP contribution < -0.4 is 10.2 Å². The molecule has 0 aromatic heterocycles. The van der Waals surface area contributed by atoms with Crippen molar-refractivity contribution in [1.29, 1.82) is 0 Å². The van der Waals surface area contributed by atoms with Crippen molar-refractivity contribution in [2.24, 2.45) is 0 Å². The number of carbonyl (C=O) groups excluding carboxylic acids is 1. The molecule has 1 fully saturated rings. The lowest BCUT2D eigenvalue weighted by atomic mass is 10.1. The summed E-state index contributed by atoms with van der Waals surface area (Å²) in [5.74, 6) is -0.0383. The molecule has 8 heteroatoms. The van der Waals surface area contributed by atoms with Gasteiger partial charge >= 0.3 is 0 Å². The largest absolute Gasteiger partial charge is 0.376 e. The van der Waals surface area contributed by atoms with Crippen molar-refractivity contribution in [2.75, 3.05) is 42.9 Å². The number of aryl methyl sites for hydroxylation is 1. The third-order valence-corrected chi connectivity index (χ3v) is 5.37. The maximum Gasteiger partial charge on any atom is 0.292 e. The van der Waals surface area contributed by atoms with E-state index in [2.05, 4.69) is 16.8 Å². The van der Waals surface area contributed by atoms with E-state index in [1.807, 2.05) is 13.0 Å². The number of benzene rings is 2. The van der Waals surface area contributed by atoms with Crippen LogP contribution in [0, 0.1) is 17.0 Å². The quantitative estimate of drug-likeness (QED) is 0.437. The van der Waals surface area contributed by atoms with Gasteiger partial charge in [0.05, 0.1) is 4.92 Å². The van der Waals surface area contributed by atoms with Gasteiger partial charge in [0, 0.05) is 55.1 Å². The van der Waals surface area contributed by atoms with Crippen LogP contribution in [-0.4, -0.2) is 48.5 Å². The van der Waals surface area contributed by atoms with Gasteiger partial charge in [-0.2, -0.15) is 0 Å². The minimum absolute atomic E-state index is 0.0284. The first-order chi connectivity index (χ1) is 13.9. The van der Waals surface area contributed by atoms with Crippen LogP contribution in [0.25, 0.3) is 0 Å². The number of carbonyl (C=O) groups is 1. The number of nitro benzene ring substituents is 1. The van der Waals surface area contributed by atoms with Gasteiger partial charge < -0.3 is 15.1 Å². The van der Waals surface area contributed by atoms with Gasteiger partial charge in [0.2, 0.25) is 0 Å². The molecule has 1 aliphatic rings. The number of hydrogen-bond donors (Lipinski definition) is 1. The average molecular weight is 415 g/mol. The van der Waals surface area contributed by atoms with Crippen LogP contribution in [0.3, 0.4) is 0 Å². The number of piperazine rings is 1. The van der Waals surface area contributed by atoms with Crippen LogP contribution >= 0.6 is 11.6 Å². The van der Waals surface area contributed by atoms with Gasteiger partial charge in [-0.05, 0) is 36.8 Å². The molecule has 2 aromatic carbocycles. The van der Waals surface area contributed by atoms with E-state index in [1.165, 1.54) is 6.07 Å². The Kier molecular flexibility index (Phi) is 6.39. The van der Waals surface area contributed by atoms with Crippen LogP contribution in [0.2, 0.25) is 5.02 Å². The molecule has 0 aliphatic carbocycles. The average Bonchev–Trinajstić information content (AvgIpc) is 2.73. The summed E-state index contributed by atoms with van der Waals surface area (Å²) in [5.41, 5.74) is 2.89. The van der Waals surface area contributed by atoms with E-state index >= 15 is 0 Å². The molecule has 7 nitrogen and oxygen atoms in total. The second kappa shape index (κ2) is 8.96. The van der Waals surface area contributed by atoms with Gasteiger partial charge in [-0.25, -0.2) is 0 Å². The molecule has 0 spiro atoms. The van der Waals surface area contributed by atoms with Crippen LogP contribution in [0.5, 0.6) is 0 Å². The third kappa shape index (κ3) is 4.68. The van der Waals surface area contributed by atoms with Crippen molar-refractivity contribution in [3.8, 4) is 0 Å². The van der Waals surface area contributed by atoms with E-state index in [0.717, 1.165) is 11.3 Å². The number of rotatable bonds is 6. The maximum atomic E-state index is 12.8. The molecule has 0 atom stereocenters. The highest BCUT2D eigenvalue weighted by molar-refractivity contribution is 6.31. The zero-order chi connectivity index (χ0) is 21.0. The van der Waals surface area contributed by atoms with Crippen molar-refractivity contribution in [3.05, 3.63) is 75.3 Å². The number of nitrogens with one attached hydrogen (secondary N) is 1. The van der Waals surface area contributed by atoms with Gasteiger partial charge in [0.25, 0.3) is 11.6 Å². The molecule has 1 N–H and O–H groups in total. The zero-order valence-electron chi connectivity index (χ0n) is 16.2. The van der Waals surface area contributed by atoms with Crippen LogP contribution in [-0.2, 0) is 0 Å². The van der Waals surface area contributed by atoms with E-state index in [4.69, 9.17) is 11.6 Å². The Morgan fingerprint density at radius 1 is 1.24 bits per heavy atom. The molecule has 0 unspecified atom stereocenters. The van der Waals surface area contributed by atoms with Gasteiger partial charge in [-0.3, -0.25) is 14.9 Å². The molecule has 0 saturated carbocycles. The molecule has 152 valence electrons. The predicted molar refractivity (Wildman–Crippen MR) is 116 cm³/mol. The Hall–Kier alpha value is -3.06. The SMILES string of the molecule is C=CCNc1cc(N2CCN(C(=O)c3ccc(C)c(Cl)c3)CC2)ccc1[N+](=O)[O-]. The number of anilines is 2. The number of halogens is 1. The summed E-state index contributed by atoms with van der Waals surface area (Å²) >= 11 is 6.15. The molecule has 2 aromatic rings. The second-order valence-electron chi connectivity index (χ2n) is 6.87. The lowest BCUT2D eigenvalue weighted by molar-refractivity contribution is -0.383. The number of nitrogens with zero attached hydrogens (tertiary/aromatic N) is 3. The van der Waals surface area contributed by atoms with Gasteiger partial charge in [-0.15, -0.1) is 6.58 Å². The smallest absolute Gasteiger partial charge is 0.292 e. The minimum atomic E-state index is -0.404. The summed E-state index contributed by atoms with van der Waals surface area (Å²) in [4.78, 5) is 27.5. The Bertz CT molecular complexity index is 940. The Morgan fingerprint density at radius 3 is 2.59 bits per heavy atom. The Morgan fingerprint density at radius 2 is 1.97 bits per heavy atom. The Labute approximate surface area is 174 Å². The van der Waals surface area contributed by atoms with Crippen molar-refractivity contribution >= 4 is 34.6 Å². The molecular formula is C21H23ClN4O3. The van der Waals surface area contributed by atoms with Gasteiger partial charge in [0.15, 0.2) is 0 Å². The lowest BCUT2D eigenvalue weighted by Gasteiger charge is -2.36. The highest BCUT2D eigenvalue weighted by atomic mass is 35.5. The van der Waals surface area contributed by atoms with Crippen molar-refractivity contribution in [2.45, 2.75) is 6.92 Å². The van der Waals surface area contributed by atoms with E-state index in [0.29, 0.717) is 49.0 Å². The van der Waals surface area contributed by atoms with Crippen molar-refractivity contribution in [1.82, 2.24) is 4.90 Å². The van der Waals surface area contributed by atoms with Crippen LogP contribution in [0.1, 0.15) is 15.9 Å². The highest BCUT2D eigenvalue weighted by Crippen LogP contribution is 2.30. The molecule has 3 rings (SSSR count). The molecule has 0 bridgehead atoms. The maximum absolute atomic E-state index is 12.8. The summed E-state index contributed by atoms with van der Waals surface area (Å²) in [6.07, 6.45) is 1.65.